The van der Waals surface area contributed by atoms with E-state index in [2.05, 4.69) is 28.2 Å². The third-order valence-electron chi connectivity index (χ3n) is 3.47. The van der Waals surface area contributed by atoms with E-state index in [1.54, 1.807) is 17.8 Å². The van der Waals surface area contributed by atoms with Crippen LogP contribution in [0.3, 0.4) is 0 Å². The van der Waals surface area contributed by atoms with Crippen LogP contribution >= 0.6 is 11.8 Å². The van der Waals surface area contributed by atoms with Gasteiger partial charge in [0.05, 0.1) is 0 Å². The molecule has 3 aromatic rings. The number of rotatable bonds is 4. The number of aryl methyl sites for hydroxylation is 1. The quantitative estimate of drug-likeness (QED) is 0.778. The highest BCUT2D eigenvalue weighted by Crippen LogP contribution is 2.36. The van der Waals surface area contributed by atoms with Crippen LogP contribution in [-0.4, -0.2) is 11.6 Å². The van der Waals surface area contributed by atoms with Crippen molar-refractivity contribution in [3.8, 4) is 0 Å². The zero-order chi connectivity index (χ0) is 14.8. The number of nitrogens with zero attached hydrogens (tertiary/aromatic N) is 1. The molecular weight excluding hydrogens is 283 g/mol. The van der Waals surface area contributed by atoms with Crippen molar-refractivity contribution in [1.29, 1.82) is 0 Å². The van der Waals surface area contributed by atoms with Crippen LogP contribution in [0.15, 0.2) is 58.5 Å². The summed E-state index contributed by atoms with van der Waals surface area (Å²) in [4.78, 5) is 2.28. The first-order chi connectivity index (χ1) is 10.2. The van der Waals surface area contributed by atoms with E-state index >= 15 is 0 Å². The van der Waals surface area contributed by atoms with Gasteiger partial charge in [-0.25, -0.2) is 4.39 Å². The monoisotopic (exact) mass is 300 g/mol. The van der Waals surface area contributed by atoms with Crippen LogP contribution in [0, 0.1) is 5.82 Å². The van der Waals surface area contributed by atoms with Gasteiger partial charge in [0.15, 0.2) is 0 Å². The number of fused-ring (bicyclic) bond motifs is 1. The molecule has 0 saturated carbocycles. The summed E-state index contributed by atoms with van der Waals surface area (Å²) in [5, 5.41) is 4.32. The molecule has 108 valence electrons. The number of nitrogens with one attached hydrogen (secondary N) is 1. The molecule has 0 amide bonds. The Morgan fingerprint density at radius 1 is 1.14 bits per heavy atom. The fraction of sp³-hybridized carbons (Fsp3) is 0.176. The molecule has 0 aliphatic carbocycles. The molecule has 1 aromatic heterocycles. The number of aromatic nitrogens is 1. The topological polar surface area (TPSA) is 17.0 Å². The highest BCUT2D eigenvalue weighted by molar-refractivity contribution is 7.99. The van der Waals surface area contributed by atoms with Crippen LogP contribution in [0.2, 0.25) is 0 Å². The number of hydrogen-bond donors (Lipinski definition) is 1. The molecule has 1 N–H and O–H groups in total. The van der Waals surface area contributed by atoms with E-state index in [0.29, 0.717) is 6.54 Å². The Balaban J connectivity index is 2.02. The maximum atomic E-state index is 13.4. The molecule has 0 aliphatic rings. The number of benzene rings is 2. The second-order valence-electron chi connectivity index (χ2n) is 5.01. The van der Waals surface area contributed by atoms with Gasteiger partial charge in [-0.05, 0) is 36.9 Å². The van der Waals surface area contributed by atoms with E-state index in [-0.39, 0.29) is 5.82 Å². The molecule has 4 heteroatoms. The summed E-state index contributed by atoms with van der Waals surface area (Å²) >= 11 is 1.69. The average molecular weight is 300 g/mol. The van der Waals surface area contributed by atoms with Gasteiger partial charge in [0.25, 0.3) is 0 Å². The Morgan fingerprint density at radius 3 is 2.76 bits per heavy atom. The fourth-order valence-electron chi connectivity index (χ4n) is 2.48. The standard InChI is InChI=1S/C17H17FN2S/c1-19-10-12-9-13(18)7-8-16(12)21-17-11-20(2)15-6-4-3-5-14(15)17/h3-9,11,19H,10H2,1-2H3. The first kappa shape index (κ1) is 14.2. The van der Waals surface area contributed by atoms with Crippen LogP contribution in [-0.2, 0) is 13.6 Å². The third-order valence-corrected chi connectivity index (χ3v) is 4.63. The first-order valence-corrected chi connectivity index (χ1v) is 7.65. The van der Waals surface area contributed by atoms with Gasteiger partial charge in [-0.3, -0.25) is 0 Å². The van der Waals surface area contributed by atoms with Crippen LogP contribution in [0.25, 0.3) is 10.9 Å². The first-order valence-electron chi connectivity index (χ1n) is 6.84. The minimum atomic E-state index is -0.192. The molecule has 0 bridgehead atoms. The van der Waals surface area contributed by atoms with Gasteiger partial charge in [-0.2, -0.15) is 0 Å². The Labute approximate surface area is 128 Å². The molecule has 2 nitrogen and oxygen atoms in total. The molecule has 0 unspecified atom stereocenters. The normalized spacial score (nSPS) is 11.2. The Bertz CT molecular complexity index is 780. The summed E-state index contributed by atoms with van der Waals surface area (Å²) in [6.45, 7) is 0.658. The maximum Gasteiger partial charge on any atom is 0.123 e. The SMILES string of the molecule is CNCc1cc(F)ccc1Sc1cn(C)c2ccccc12. The molecule has 21 heavy (non-hydrogen) atoms. The highest BCUT2D eigenvalue weighted by Gasteiger charge is 2.10. The van der Waals surface area contributed by atoms with Crippen LogP contribution < -0.4 is 5.32 Å². The highest BCUT2D eigenvalue weighted by atomic mass is 32.2. The van der Waals surface area contributed by atoms with Crippen molar-refractivity contribution in [1.82, 2.24) is 9.88 Å². The molecule has 0 fully saturated rings. The molecule has 0 spiro atoms. The Hall–Kier alpha value is -1.78. The van der Waals surface area contributed by atoms with Crippen molar-refractivity contribution in [2.45, 2.75) is 16.3 Å². The van der Waals surface area contributed by atoms with Crippen LogP contribution in [0.5, 0.6) is 0 Å². The molecule has 0 radical (unpaired) electrons. The van der Waals surface area contributed by atoms with Gasteiger partial charge in [-0.15, -0.1) is 0 Å². The largest absolute Gasteiger partial charge is 0.349 e. The van der Waals surface area contributed by atoms with Gasteiger partial charge in [0.2, 0.25) is 0 Å². The van der Waals surface area contributed by atoms with E-state index in [1.807, 2.05) is 32.3 Å². The predicted octanol–water partition coefficient (Wildman–Crippen LogP) is 4.19. The number of halogens is 1. The molecule has 2 aromatic carbocycles. The average Bonchev–Trinajstić information content (AvgIpc) is 2.79. The van der Waals surface area contributed by atoms with E-state index in [4.69, 9.17) is 0 Å². The third kappa shape index (κ3) is 2.82. The number of hydrogen-bond acceptors (Lipinski definition) is 2. The second-order valence-corrected chi connectivity index (χ2v) is 6.09. The minimum Gasteiger partial charge on any atom is -0.349 e. The summed E-state index contributed by atoms with van der Waals surface area (Å²) in [6, 6.07) is 13.3. The number of para-hydroxylation sites is 1. The lowest BCUT2D eigenvalue weighted by Gasteiger charge is -2.08. The van der Waals surface area contributed by atoms with E-state index in [9.17, 15) is 4.39 Å². The zero-order valence-corrected chi connectivity index (χ0v) is 12.9. The Morgan fingerprint density at radius 2 is 1.95 bits per heavy atom. The summed E-state index contributed by atoms with van der Waals surface area (Å²) in [6.07, 6.45) is 2.13. The molecular formula is C17H17FN2S. The van der Waals surface area contributed by atoms with Crippen molar-refractivity contribution in [2.24, 2.45) is 7.05 Å². The van der Waals surface area contributed by atoms with Crippen molar-refractivity contribution >= 4 is 22.7 Å². The van der Waals surface area contributed by atoms with Crippen LogP contribution in [0.4, 0.5) is 4.39 Å². The summed E-state index contributed by atoms with van der Waals surface area (Å²) in [5.74, 6) is -0.192. The zero-order valence-electron chi connectivity index (χ0n) is 12.1. The van der Waals surface area contributed by atoms with Crippen molar-refractivity contribution in [2.75, 3.05) is 7.05 Å². The molecule has 0 atom stereocenters. The molecule has 0 aliphatic heterocycles. The molecule has 1 heterocycles. The van der Waals surface area contributed by atoms with Gasteiger partial charge in [0.1, 0.15) is 5.82 Å². The van der Waals surface area contributed by atoms with Crippen molar-refractivity contribution in [3.63, 3.8) is 0 Å². The summed E-state index contributed by atoms with van der Waals surface area (Å²) < 4.78 is 15.5. The van der Waals surface area contributed by atoms with Gasteiger partial charge < -0.3 is 9.88 Å². The van der Waals surface area contributed by atoms with Crippen molar-refractivity contribution < 1.29 is 4.39 Å². The minimum absolute atomic E-state index is 0.192. The second kappa shape index (κ2) is 5.92. The van der Waals surface area contributed by atoms with Gasteiger partial charge >= 0.3 is 0 Å². The predicted molar refractivity (Wildman–Crippen MR) is 86.2 cm³/mol. The molecule has 3 rings (SSSR count). The fourth-order valence-corrected chi connectivity index (χ4v) is 3.61. The van der Waals surface area contributed by atoms with Gasteiger partial charge in [0, 0.05) is 40.5 Å². The van der Waals surface area contributed by atoms with E-state index in [0.717, 1.165) is 10.5 Å². The van der Waals surface area contributed by atoms with Crippen molar-refractivity contribution in [3.05, 3.63) is 60.0 Å². The van der Waals surface area contributed by atoms with Crippen LogP contribution in [0.1, 0.15) is 5.56 Å². The maximum absolute atomic E-state index is 13.4. The summed E-state index contributed by atoms with van der Waals surface area (Å²) in [7, 11) is 3.92. The molecule has 0 saturated heterocycles. The summed E-state index contributed by atoms with van der Waals surface area (Å²) in [5.41, 5.74) is 2.19. The Kier molecular flexibility index (Phi) is 3.99. The van der Waals surface area contributed by atoms with Gasteiger partial charge in [-0.1, -0.05) is 30.0 Å². The smallest absolute Gasteiger partial charge is 0.123 e. The lowest BCUT2D eigenvalue weighted by molar-refractivity contribution is 0.621. The van der Waals surface area contributed by atoms with E-state index in [1.165, 1.54) is 21.9 Å². The lowest BCUT2D eigenvalue weighted by Crippen LogP contribution is -2.06. The lowest BCUT2D eigenvalue weighted by atomic mass is 10.2. The van der Waals surface area contributed by atoms with E-state index < -0.39 is 0 Å².